The van der Waals surface area contributed by atoms with Crippen molar-refractivity contribution in [3.8, 4) is 0 Å². The van der Waals surface area contributed by atoms with E-state index in [2.05, 4.69) is 58.8 Å². The zero-order valence-electron chi connectivity index (χ0n) is 8.93. The van der Waals surface area contributed by atoms with Gasteiger partial charge < -0.3 is 0 Å². The first-order valence-corrected chi connectivity index (χ1v) is 6.04. The number of allylic oxidation sites excluding steroid dienone is 10. The molecule has 2 rings (SSSR count). The summed E-state index contributed by atoms with van der Waals surface area (Å²) in [5.41, 5.74) is 0. The maximum atomic E-state index is 2.98. The van der Waals surface area contributed by atoms with Gasteiger partial charge in [0.05, 0.1) is 0 Å². The van der Waals surface area contributed by atoms with Gasteiger partial charge in [0.2, 0.25) is 0 Å². The van der Waals surface area contributed by atoms with E-state index < -0.39 is 0 Å². The summed E-state index contributed by atoms with van der Waals surface area (Å²) in [7, 11) is 0. The molecule has 0 aromatic rings. The van der Waals surface area contributed by atoms with Crippen LogP contribution in [0, 0.1) is 0 Å². The number of hydrogen-bond donors (Lipinski definition) is 0. The first kappa shape index (κ1) is 12.3. The maximum absolute atomic E-state index is 2.98. The van der Waals surface area contributed by atoms with E-state index >= 15 is 0 Å². The van der Waals surface area contributed by atoms with Gasteiger partial charge in [-0.15, -0.1) is 0 Å². The molecule has 0 unspecified atom stereocenters. The van der Waals surface area contributed by atoms with E-state index in [1.165, 1.54) is 23.7 Å². The summed E-state index contributed by atoms with van der Waals surface area (Å²) < 4.78 is 1.30. The molecule has 0 saturated carbocycles. The SMILES string of the molecule is C1=CCCCC=C1.[Cr][C]1=CC=CC=CC1. The summed E-state index contributed by atoms with van der Waals surface area (Å²) in [5, 5.41) is 0. The summed E-state index contributed by atoms with van der Waals surface area (Å²) in [6.07, 6.45) is 23.9. The van der Waals surface area contributed by atoms with Gasteiger partial charge in [-0.1, -0.05) is 24.3 Å². The van der Waals surface area contributed by atoms with Crippen molar-refractivity contribution in [2.24, 2.45) is 0 Å². The predicted molar refractivity (Wildman–Crippen MR) is 63.1 cm³/mol. The van der Waals surface area contributed by atoms with Gasteiger partial charge in [0, 0.05) is 0 Å². The van der Waals surface area contributed by atoms with E-state index in [1.807, 2.05) is 12.2 Å². The van der Waals surface area contributed by atoms with Crippen LogP contribution in [0.4, 0.5) is 0 Å². The van der Waals surface area contributed by atoms with Crippen LogP contribution in [0.3, 0.4) is 0 Å². The van der Waals surface area contributed by atoms with Crippen molar-refractivity contribution < 1.29 is 16.3 Å². The quantitative estimate of drug-likeness (QED) is 0.592. The van der Waals surface area contributed by atoms with E-state index in [-0.39, 0.29) is 0 Å². The third-order valence-corrected chi connectivity index (χ3v) is 2.56. The standard InChI is InChI=1S/C7H10.C7H7.Cr/c2*1-2-4-6-7-5-3-1;/h1-4H,5-7H2;1-5H,6H2;. The molecule has 0 N–H and O–H groups in total. The molecule has 0 fully saturated rings. The fourth-order valence-corrected chi connectivity index (χ4v) is 1.53. The van der Waals surface area contributed by atoms with Crippen molar-refractivity contribution in [2.45, 2.75) is 25.7 Å². The Morgan fingerprint density at radius 2 is 1.47 bits per heavy atom. The van der Waals surface area contributed by atoms with Gasteiger partial charge in [-0.3, -0.25) is 0 Å². The normalized spacial score (nSPS) is 18.5. The number of hydrogen-bond acceptors (Lipinski definition) is 0. The van der Waals surface area contributed by atoms with Crippen molar-refractivity contribution in [1.29, 1.82) is 0 Å². The fourth-order valence-electron chi connectivity index (χ4n) is 1.26. The van der Waals surface area contributed by atoms with Gasteiger partial charge in [-0.2, -0.15) is 0 Å². The third-order valence-electron chi connectivity index (χ3n) is 2.08. The summed E-state index contributed by atoms with van der Waals surface area (Å²) in [5.74, 6) is 0. The molecule has 0 radical (unpaired) electrons. The molecule has 2 aliphatic rings. The van der Waals surface area contributed by atoms with Gasteiger partial charge in [0.25, 0.3) is 0 Å². The topological polar surface area (TPSA) is 0 Å². The van der Waals surface area contributed by atoms with Crippen molar-refractivity contribution in [3.63, 3.8) is 0 Å². The summed E-state index contributed by atoms with van der Waals surface area (Å²) in [6, 6.07) is 0. The minimum absolute atomic E-state index is 1.05. The molecule has 0 amide bonds. The van der Waals surface area contributed by atoms with Crippen molar-refractivity contribution >= 4 is 0 Å². The first-order chi connectivity index (χ1) is 7.39. The molecule has 0 heterocycles. The zero-order chi connectivity index (χ0) is 10.8. The predicted octanol–water partition coefficient (Wildman–Crippen LogP) is 4.22. The molecule has 79 valence electrons. The van der Waals surface area contributed by atoms with E-state index in [4.69, 9.17) is 0 Å². The zero-order valence-corrected chi connectivity index (χ0v) is 10.2. The van der Waals surface area contributed by atoms with Crippen molar-refractivity contribution in [3.05, 3.63) is 59.1 Å². The van der Waals surface area contributed by atoms with Gasteiger partial charge >= 0.3 is 57.5 Å². The average molecular weight is 237 g/mol. The van der Waals surface area contributed by atoms with E-state index in [0.29, 0.717) is 0 Å². The Labute approximate surface area is 101 Å². The van der Waals surface area contributed by atoms with Crippen molar-refractivity contribution in [2.75, 3.05) is 0 Å². The number of rotatable bonds is 0. The first-order valence-electron chi connectivity index (χ1n) is 5.40. The van der Waals surface area contributed by atoms with Crippen LogP contribution in [0.5, 0.6) is 0 Å². The Morgan fingerprint density at radius 3 is 2.20 bits per heavy atom. The van der Waals surface area contributed by atoms with E-state index in [0.717, 1.165) is 6.42 Å². The Balaban J connectivity index is 0.000000151. The Hall–Kier alpha value is -0.768. The molecular formula is C14H17Cr. The van der Waals surface area contributed by atoms with Gasteiger partial charge in [-0.05, 0) is 19.3 Å². The molecule has 0 saturated heterocycles. The Morgan fingerprint density at radius 1 is 0.800 bits per heavy atom. The Kier molecular flexibility index (Phi) is 7.00. The molecule has 0 aromatic heterocycles. The molecule has 15 heavy (non-hydrogen) atoms. The second kappa shape index (κ2) is 8.53. The van der Waals surface area contributed by atoms with Crippen LogP contribution < -0.4 is 0 Å². The van der Waals surface area contributed by atoms with Crippen LogP contribution in [-0.4, -0.2) is 0 Å². The van der Waals surface area contributed by atoms with Crippen LogP contribution in [-0.2, 0) is 16.3 Å². The molecular weight excluding hydrogens is 220 g/mol. The molecule has 0 spiro atoms. The minimum atomic E-state index is 1.05. The van der Waals surface area contributed by atoms with Gasteiger partial charge in [0.1, 0.15) is 0 Å². The third kappa shape index (κ3) is 7.20. The van der Waals surface area contributed by atoms with E-state index in [1.54, 1.807) is 0 Å². The van der Waals surface area contributed by atoms with Crippen LogP contribution >= 0.6 is 0 Å². The molecule has 0 nitrogen and oxygen atoms in total. The molecule has 0 aromatic carbocycles. The Bertz CT molecular complexity index is 291. The fraction of sp³-hybridized carbons (Fsp3) is 0.286. The monoisotopic (exact) mass is 237 g/mol. The van der Waals surface area contributed by atoms with Gasteiger partial charge in [-0.25, -0.2) is 0 Å². The molecule has 0 bridgehead atoms. The molecule has 0 atom stereocenters. The average Bonchev–Trinajstić information content (AvgIpc) is 2.64. The van der Waals surface area contributed by atoms with Crippen LogP contribution in [0.15, 0.2) is 59.1 Å². The van der Waals surface area contributed by atoms with E-state index in [9.17, 15) is 0 Å². The van der Waals surface area contributed by atoms with Crippen LogP contribution in [0.2, 0.25) is 0 Å². The van der Waals surface area contributed by atoms with Crippen LogP contribution in [0.1, 0.15) is 25.7 Å². The summed E-state index contributed by atoms with van der Waals surface area (Å²) in [6.45, 7) is 0. The second-order valence-electron chi connectivity index (χ2n) is 3.44. The summed E-state index contributed by atoms with van der Waals surface area (Å²) >= 11 is 2.98. The molecule has 1 heteroatoms. The molecule has 0 aliphatic heterocycles. The van der Waals surface area contributed by atoms with Crippen LogP contribution in [0.25, 0.3) is 0 Å². The summed E-state index contributed by atoms with van der Waals surface area (Å²) in [4.78, 5) is 0. The van der Waals surface area contributed by atoms with Gasteiger partial charge in [0.15, 0.2) is 0 Å². The molecule has 2 aliphatic carbocycles. The van der Waals surface area contributed by atoms with Crippen molar-refractivity contribution in [1.82, 2.24) is 0 Å². The second-order valence-corrected chi connectivity index (χ2v) is 4.26.